The van der Waals surface area contributed by atoms with Crippen LogP contribution in [0.3, 0.4) is 0 Å². The molecule has 0 aliphatic heterocycles. The van der Waals surface area contributed by atoms with E-state index < -0.39 is 5.66 Å². The molecule has 96 valence electrons. The van der Waals surface area contributed by atoms with Crippen molar-refractivity contribution in [1.29, 1.82) is 0 Å². The first kappa shape index (κ1) is 17.8. The van der Waals surface area contributed by atoms with Crippen LogP contribution in [0.2, 0.25) is 0 Å². The minimum Gasteiger partial charge on any atom is -1.00 e. The van der Waals surface area contributed by atoms with E-state index in [1.54, 1.807) is 21.0 Å². The molecule has 0 heterocycles. The molecule has 0 bridgehead atoms. The van der Waals surface area contributed by atoms with Crippen LogP contribution in [0.5, 0.6) is 0 Å². The zero-order valence-corrected chi connectivity index (χ0v) is 11.6. The van der Waals surface area contributed by atoms with Gasteiger partial charge in [-0.2, -0.15) is 4.65 Å². The molecule has 0 rings (SSSR count). The predicted molar refractivity (Wildman–Crippen MR) is 60.2 cm³/mol. The molecule has 1 atom stereocenters. The summed E-state index contributed by atoms with van der Waals surface area (Å²) in [4.78, 5) is 11.5. The first-order valence-corrected chi connectivity index (χ1v) is 5.19. The van der Waals surface area contributed by atoms with Crippen LogP contribution in [0.4, 0.5) is 0 Å². The molecule has 0 saturated carbocycles. The maximum absolute atomic E-state index is 11.5. The van der Waals surface area contributed by atoms with Crippen molar-refractivity contribution in [3.8, 4) is 0 Å². The average molecular weight is 251 g/mol. The van der Waals surface area contributed by atoms with Crippen molar-refractivity contribution in [2.75, 3.05) is 14.1 Å². The summed E-state index contributed by atoms with van der Waals surface area (Å²) in [5.41, 5.74) is -0.226. The van der Waals surface area contributed by atoms with Gasteiger partial charge >= 0.3 is 0 Å². The molecule has 0 radical (unpaired) electrons. The number of carbonyl (C=O) groups excluding carboxylic acids is 1. The number of nitrogens with one attached hydrogen (secondary N) is 1. The van der Waals surface area contributed by atoms with Gasteiger partial charge in [-0.25, -0.2) is 5.21 Å². The van der Waals surface area contributed by atoms with E-state index >= 15 is 0 Å². The van der Waals surface area contributed by atoms with Crippen LogP contribution in [0, 0.1) is 0 Å². The van der Waals surface area contributed by atoms with E-state index in [0.717, 1.165) is 6.42 Å². The molecule has 0 aromatic carbocycles. The first-order chi connectivity index (χ1) is 6.64. The number of halogens is 1. The van der Waals surface area contributed by atoms with E-state index in [2.05, 4.69) is 11.9 Å². The van der Waals surface area contributed by atoms with Crippen molar-refractivity contribution < 1.29 is 27.1 Å². The van der Waals surface area contributed by atoms with E-state index in [4.69, 9.17) is 0 Å². The monoisotopic (exact) mass is 250 g/mol. The minimum atomic E-state index is -0.676. The summed E-state index contributed by atoms with van der Waals surface area (Å²) in [5, 5.41) is 12.8. The highest BCUT2D eigenvalue weighted by Gasteiger charge is 2.41. The highest BCUT2D eigenvalue weighted by Crippen LogP contribution is 2.21. The molecule has 16 heavy (non-hydrogen) atoms. The molecule has 0 spiro atoms. The van der Waals surface area contributed by atoms with Gasteiger partial charge in [-0.1, -0.05) is 13.5 Å². The van der Waals surface area contributed by atoms with Crippen LogP contribution in [0.25, 0.3) is 0 Å². The van der Waals surface area contributed by atoms with Gasteiger partial charge in [0.15, 0.2) is 0 Å². The molecule has 0 aromatic heterocycles. The third-order valence-electron chi connectivity index (χ3n) is 2.72. The number of hydrogen-bond acceptors (Lipinski definition) is 2. The van der Waals surface area contributed by atoms with Gasteiger partial charge in [-0.3, -0.25) is 10.1 Å². The smallest absolute Gasteiger partial charge is 0.251 e. The van der Waals surface area contributed by atoms with Gasteiger partial charge in [0.25, 0.3) is 5.91 Å². The summed E-state index contributed by atoms with van der Waals surface area (Å²) in [5.74, 6) is -0.216. The maximum atomic E-state index is 11.5. The van der Waals surface area contributed by atoms with Crippen LogP contribution >= 0.6 is 0 Å². The molecule has 0 saturated heterocycles. The Morgan fingerprint density at radius 1 is 1.50 bits per heavy atom. The van der Waals surface area contributed by atoms with Crippen molar-refractivity contribution >= 4 is 5.91 Å². The van der Waals surface area contributed by atoms with Crippen molar-refractivity contribution in [1.82, 2.24) is 5.32 Å². The van der Waals surface area contributed by atoms with Crippen LogP contribution in [-0.4, -0.2) is 35.5 Å². The van der Waals surface area contributed by atoms with Crippen molar-refractivity contribution in [3.05, 3.63) is 12.2 Å². The van der Waals surface area contributed by atoms with Crippen LogP contribution < -0.4 is 17.7 Å². The van der Waals surface area contributed by atoms with Gasteiger partial charge in [0.2, 0.25) is 5.66 Å². The maximum Gasteiger partial charge on any atom is 0.251 e. The second-order valence-corrected chi connectivity index (χ2v) is 4.65. The zero-order valence-electron chi connectivity index (χ0n) is 10.8. The van der Waals surface area contributed by atoms with E-state index in [-0.39, 0.29) is 23.0 Å². The van der Waals surface area contributed by atoms with Crippen molar-refractivity contribution in [2.45, 2.75) is 39.3 Å². The molecule has 0 aliphatic rings. The molecule has 1 unspecified atom stereocenters. The molecular formula is C11H23ClN2O2. The third-order valence-corrected chi connectivity index (χ3v) is 2.72. The largest absolute Gasteiger partial charge is 1.00 e. The Morgan fingerprint density at radius 2 is 1.94 bits per heavy atom. The van der Waals surface area contributed by atoms with Gasteiger partial charge in [-0.15, -0.1) is 0 Å². The van der Waals surface area contributed by atoms with E-state index in [1.165, 1.54) is 0 Å². The Labute approximate surface area is 104 Å². The summed E-state index contributed by atoms with van der Waals surface area (Å²) in [7, 11) is 3.29. The molecular weight excluding hydrogens is 228 g/mol. The second-order valence-electron chi connectivity index (χ2n) is 4.65. The normalized spacial score (nSPS) is 14.6. The topological polar surface area (TPSA) is 49.3 Å². The van der Waals surface area contributed by atoms with E-state index in [9.17, 15) is 10.0 Å². The number of amides is 1. The lowest BCUT2D eigenvalue weighted by Gasteiger charge is -2.40. The average Bonchev–Trinajstić information content (AvgIpc) is 2.02. The molecule has 2 N–H and O–H groups in total. The summed E-state index contributed by atoms with van der Waals surface area (Å²) in [6.45, 7) is 9.08. The van der Waals surface area contributed by atoms with Gasteiger partial charge in [-0.05, 0) is 13.3 Å². The lowest BCUT2D eigenvalue weighted by atomic mass is 10.0. The minimum absolute atomic E-state index is 0. The predicted octanol–water partition coefficient (Wildman–Crippen LogP) is -1.34. The highest BCUT2D eigenvalue weighted by molar-refractivity contribution is 5.92. The summed E-state index contributed by atoms with van der Waals surface area (Å²) >= 11 is 0. The SMILES string of the molecule is C=C(C)C(=O)NC(C)(CCC)[N+](C)(C)O.[Cl-]. The number of hydroxylamine groups is 3. The number of carbonyl (C=O) groups is 1. The standard InChI is InChI=1S/C11H22N2O2.ClH/c1-7-8-11(4,13(5,6)15)12-10(14)9(2)3;/h15H,2,7-8H2,1,3-6H3;1H. The Kier molecular flexibility index (Phi) is 6.93. The fraction of sp³-hybridized carbons (Fsp3) is 0.727. The number of quaternary nitrogens is 1. The fourth-order valence-corrected chi connectivity index (χ4v) is 1.31. The quantitative estimate of drug-likeness (QED) is 0.275. The Bertz CT molecular complexity index is 261. The van der Waals surface area contributed by atoms with Crippen LogP contribution in [0.15, 0.2) is 12.2 Å². The van der Waals surface area contributed by atoms with Gasteiger partial charge in [0, 0.05) is 18.9 Å². The fourth-order valence-electron chi connectivity index (χ4n) is 1.31. The summed E-state index contributed by atoms with van der Waals surface area (Å²) < 4.78 is -0.292. The Morgan fingerprint density at radius 3 is 2.19 bits per heavy atom. The molecule has 0 aromatic rings. The Hall–Kier alpha value is -0.580. The van der Waals surface area contributed by atoms with Gasteiger partial charge in [0.1, 0.15) is 14.1 Å². The van der Waals surface area contributed by atoms with Gasteiger partial charge < -0.3 is 12.4 Å². The molecule has 4 nitrogen and oxygen atoms in total. The molecule has 0 aliphatic carbocycles. The number of nitrogens with zero attached hydrogens (tertiary/aromatic N) is 1. The highest BCUT2D eigenvalue weighted by atomic mass is 35.5. The second kappa shape index (κ2) is 6.23. The van der Waals surface area contributed by atoms with Crippen molar-refractivity contribution in [2.24, 2.45) is 0 Å². The first-order valence-electron chi connectivity index (χ1n) is 5.19. The molecule has 5 heteroatoms. The van der Waals surface area contributed by atoms with Gasteiger partial charge in [0.05, 0.1) is 0 Å². The van der Waals surface area contributed by atoms with Crippen LogP contribution in [0.1, 0.15) is 33.6 Å². The number of hydrogen-bond donors (Lipinski definition) is 2. The summed E-state index contributed by atoms with van der Waals surface area (Å²) in [6, 6.07) is 0. The van der Waals surface area contributed by atoms with Crippen molar-refractivity contribution in [3.63, 3.8) is 0 Å². The Balaban J connectivity index is 0. The lowest BCUT2D eigenvalue weighted by molar-refractivity contribution is -1.11. The summed E-state index contributed by atoms with van der Waals surface area (Å²) in [6.07, 6.45) is 1.59. The molecule has 0 fully saturated rings. The zero-order chi connectivity index (χ0) is 12.3. The van der Waals surface area contributed by atoms with E-state index in [1.807, 2.05) is 13.8 Å². The van der Waals surface area contributed by atoms with E-state index in [0.29, 0.717) is 12.0 Å². The third kappa shape index (κ3) is 4.51. The number of rotatable bonds is 5. The lowest BCUT2D eigenvalue weighted by Crippen LogP contribution is -3.00. The van der Waals surface area contributed by atoms with Crippen LogP contribution in [-0.2, 0) is 4.79 Å². The molecule has 1 amide bonds.